The van der Waals surface area contributed by atoms with Crippen LogP contribution in [-0.2, 0) is 9.53 Å². The van der Waals surface area contributed by atoms with Gasteiger partial charge in [-0.05, 0) is 25.5 Å². The highest BCUT2D eigenvalue weighted by atomic mass is 16.5. The Morgan fingerprint density at radius 2 is 2.21 bits per heavy atom. The van der Waals surface area contributed by atoms with E-state index in [-0.39, 0.29) is 17.3 Å². The van der Waals surface area contributed by atoms with Gasteiger partial charge in [0.1, 0.15) is 5.75 Å². The molecule has 0 saturated carbocycles. The van der Waals surface area contributed by atoms with Crippen LogP contribution in [0.5, 0.6) is 5.75 Å². The molecule has 0 radical (unpaired) electrons. The molecule has 0 spiro atoms. The number of aromatic hydroxyl groups is 1. The normalized spacial score (nSPS) is 10.0. The molecule has 5 nitrogen and oxygen atoms in total. The molecule has 0 aliphatic heterocycles. The largest absolute Gasteiger partial charge is 0.507 e. The second-order valence-electron chi connectivity index (χ2n) is 4.19. The summed E-state index contributed by atoms with van der Waals surface area (Å²) < 4.78 is 4.84. The average molecular weight is 265 g/mol. The topological polar surface area (TPSA) is 66.8 Å². The zero-order chi connectivity index (χ0) is 14.3. The molecule has 1 aromatic carbocycles. The van der Waals surface area contributed by atoms with Crippen LogP contribution < -0.4 is 4.90 Å². The van der Waals surface area contributed by atoms with E-state index >= 15 is 0 Å². The number of esters is 1. The lowest BCUT2D eigenvalue weighted by atomic mass is 10.2. The summed E-state index contributed by atoms with van der Waals surface area (Å²) in [6.07, 6.45) is 1.65. The van der Waals surface area contributed by atoms with Gasteiger partial charge in [0, 0.05) is 31.8 Å². The fourth-order valence-electron chi connectivity index (χ4n) is 1.69. The summed E-state index contributed by atoms with van der Waals surface area (Å²) in [5.41, 5.74) is 1.07. The number of nitrogens with zero attached hydrogens (tertiary/aromatic N) is 1. The van der Waals surface area contributed by atoms with E-state index in [1.165, 1.54) is 6.07 Å². The number of hydrogen-bond acceptors (Lipinski definition) is 5. The van der Waals surface area contributed by atoms with Crippen LogP contribution in [0.2, 0.25) is 0 Å². The van der Waals surface area contributed by atoms with Crippen LogP contribution in [0.25, 0.3) is 0 Å². The highest BCUT2D eigenvalue weighted by Gasteiger charge is 2.07. The first-order valence-corrected chi connectivity index (χ1v) is 6.23. The number of carbonyl (C=O) groups excluding carboxylic acids is 2. The molecule has 104 valence electrons. The highest BCUT2D eigenvalue weighted by molar-refractivity contribution is 5.80. The van der Waals surface area contributed by atoms with E-state index in [4.69, 9.17) is 4.74 Å². The zero-order valence-electron chi connectivity index (χ0n) is 11.3. The van der Waals surface area contributed by atoms with Crippen molar-refractivity contribution in [2.45, 2.75) is 19.8 Å². The number of anilines is 1. The van der Waals surface area contributed by atoms with Crippen LogP contribution in [0.4, 0.5) is 5.69 Å². The molecule has 1 N–H and O–H groups in total. The fourth-order valence-corrected chi connectivity index (χ4v) is 1.69. The van der Waals surface area contributed by atoms with Gasteiger partial charge in [-0.1, -0.05) is 0 Å². The number of benzene rings is 1. The minimum atomic E-state index is -0.199. The van der Waals surface area contributed by atoms with Crippen molar-refractivity contribution in [2.24, 2.45) is 0 Å². The van der Waals surface area contributed by atoms with Crippen molar-refractivity contribution in [1.29, 1.82) is 0 Å². The molecule has 0 saturated heterocycles. The average Bonchev–Trinajstić information content (AvgIpc) is 2.38. The lowest BCUT2D eigenvalue weighted by Crippen LogP contribution is -2.19. The van der Waals surface area contributed by atoms with E-state index in [1.54, 1.807) is 19.1 Å². The van der Waals surface area contributed by atoms with Gasteiger partial charge in [0.2, 0.25) is 0 Å². The van der Waals surface area contributed by atoms with Gasteiger partial charge >= 0.3 is 5.97 Å². The molecule has 0 heterocycles. The summed E-state index contributed by atoms with van der Waals surface area (Å²) in [4.78, 5) is 23.7. The van der Waals surface area contributed by atoms with E-state index in [9.17, 15) is 14.7 Å². The minimum absolute atomic E-state index is 0.0373. The molecule has 0 unspecified atom stereocenters. The van der Waals surface area contributed by atoms with Gasteiger partial charge in [-0.15, -0.1) is 0 Å². The number of phenolic OH excluding ortho intramolecular Hbond substituents is 1. The molecule has 0 aliphatic carbocycles. The molecule has 19 heavy (non-hydrogen) atoms. The Hall–Kier alpha value is -2.04. The Labute approximate surface area is 112 Å². The summed E-state index contributed by atoms with van der Waals surface area (Å²) in [6.45, 7) is 2.84. The summed E-state index contributed by atoms with van der Waals surface area (Å²) in [5.74, 6) is -0.236. The summed E-state index contributed by atoms with van der Waals surface area (Å²) in [7, 11) is 1.86. The van der Waals surface area contributed by atoms with E-state index in [2.05, 4.69) is 0 Å². The third-order valence-corrected chi connectivity index (χ3v) is 2.76. The SMILES string of the molecule is CCOC(=O)CCCN(C)c1ccc(C=O)c(O)c1. The molecule has 0 aliphatic rings. The molecule has 0 fully saturated rings. The zero-order valence-corrected chi connectivity index (χ0v) is 11.3. The second kappa shape index (κ2) is 7.41. The maximum atomic E-state index is 11.2. The van der Waals surface area contributed by atoms with Gasteiger partial charge < -0.3 is 14.7 Å². The van der Waals surface area contributed by atoms with Gasteiger partial charge in [0.25, 0.3) is 0 Å². The van der Waals surface area contributed by atoms with Gasteiger partial charge in [-0.3, -0.25) is 9.59 Å². The molecule has 1 rings (SSSR count). The molecular formula is C14H19NO4. The Bertz CT molecular complexity index is 445. The lowest BCUT2D eigenvalue weighted by molar-refractivity contribution is -0.143. The minimum Gasteiger partial charge on any atom is -0.507 e. The standard InChI is InChI=1S/C14H19NO4/c1-3-19-14(18)5-4-8-15(2)12-7-6-11(10-16)13(17)9-12/h6-7,9-10,17H,3-5,8H2,1-2H3. The van der Waals surface area contributed by atoms with Crippen molar-refractivity contribution < 1.29 is 19.4 Å². The van der Waals surface area contributed by atoms with Crippen LogP contribution in [0.15, 0.2) is 18.2 Å². The highest BCUT2D eigenvalue weighted by Crippen LogP contribution is 2.23. The Balaban J connectivity index is 2.49. The first-order chi connectivity index (χ1) is 9.08. The van der Waals surface area contributed by atoms with Crippen LogP contribution in [0, 0.1) is 0 Å². The van der Waals surface area contributed by atoms with Crippen LogP contribution in [0.1, 0.15) is 30.1 Å². The van der Waals surface area contributed by atoms with Crippen molar-refractivity contribution in [3.05, 3.63) is 23.8 Å². The van der Waals surface area contributed by atoms with Gasteiger partial charge in [-0.2, -0.15) is 0 Å². The van der Waals surface area contributed by atoms with E-state index in [0.717, 1.165) is 5.69 Å². The van der Waals surface area contributed by atoms with E-state index < -0.39 is 0 Å². The van der Waals surface area contributed by atoms with Crippen molar-refractivity contribution in [3.63, 3.8) is 0 Å². The predicted octanol–water partition coefficient (Wildman–Crippen LogP) is 1.98. The number of carbonyl (C=O) groups is 2. The van der Waals surface area contributed by atoms with Gasteiger partial charge in [0.05, 0.1) is 12.2 Å². The van der Waals surface area contributed by atoms with Crippen LogP contribution in [-0.4, -0.2) is 37.6 Å². The molecule has 0 amide bonds. The van der Waals surface area contributed by atoms with Crippen LogP contribution in [0.3, 0.4) is 0 Å². The summed E-state index contributed by atoms with van der Waals surface area (Å²) in [5, 5.41) is 9.59. The second-order valence-corrected chi connectivity index (χ2v) is 4.19. The smallest absolute Gasteiger partial charge is 0.305 e. The first-order valence-electron chi connectivity index (χ1n) is 6.23. The van der Waals surface area contributed by atoms with Gasteiger partial charge in [0.15, 0.2) is 6.29 Å². The maximum Gasteiger partial charge on any atom is 0.305 e. The number of aldehydes is 1. The first kappa shape index (κ1) is 15.0. The molecule has 0 bridgehead atoms. The van der Waals surface area contributed by atoms with Crippen molar-refractivity contribution in [1.82, 2.24) is 0 Å². The van der Waals surface area contributed by atoms with Crippen molar-refractivity contribution >= 4 is 17.9 Å². The monoisotopic (exact) mass is 265 g/mol. The molecule has 0 aromatic heterocycles. The summed E-state index contributed by atoms with van der Waals surface area (Å²) in [6, 6.07) is 4.86. The van der Waals surface area contributed by atoms with E-state index in [1.807, 2.05) is 11.9 Å². The Kier molecular flexibility index (Phi) is 5.85. The maximum absolute atomic E-state index is 11.2. The Morgan fingerprint density at radius 1 is 1.47 bits per heavy atom. The quantitative estimate of drug-likeness (QED) is 0.603. The number of phenols is 1. The van der Waals surface area contributed by atoms with Crippen molar-refractivity contribution in [2.75, 3.05) is 25.1 Å². The molecular weight excluding hydrogens is 246 g/mol. The predicted molar refractivity (Wildman–Crippen MR) is 72.6 cm³/mol. The van der Waals surface area contributed by atoms with Crippen LogP contribution >= 0.6 is 0 Å². The molecule has 5 heteroatoms. The number of hydrogen-bond donors (Lipinski definition) is 1. The molecule has 0 atom stereocenters. The van der Waals surface area contributed by atoms with E-state index in [0.29, 0.717) is 32.3 Å². The molecule has 1 aromatic rings. The lowest BCUT2D eigenvalue weighted by Gasteiger charge is -2.19. The fraction of sp³-hybridized carbons (Fsp3) is 0.429. The number of rotatable bonds is 7. The third-order valence-electron chi connectivity index (χ3n) is 2.76. The summed E-state index contributed by atoms with van der Waals surface area (Å²) >= 11 is 0. The number of ether oxygens (including phenoxy) is 1. The van der Waals surface area contributed by atoms with Crippen molar-refractivity contribution in [3.8, 4) is 5.75 Å². The third kappa shape index (κ3) is 4.62. The Morgan fingerprint density at radius 3 is 2.79 bits per heavy atom. The van der Waals surface area contributed by atoms with Gasteiger partial charge in [-0.25, -0.2) is 0 Å².